The molecule has 2 amide bonds. The summed E-state index contributed by atoms with van der Waals surface area (Å²) in [7, 11) is 0. The van der Waals surface area contributed by atoms with E-state index >= 15 is 0 Å². The van der Waals surface area contributed by atoms with Crippen molar-refractivity contribution in [2.75, 3.05) is 26.2 Å². The van der Waals surface area contributed by atoms with Crippen LogP contribution in [-0.4, -0.2) is 52.9 Å². The molecule has 3 rings (SSSR count). The first kappa shape index (κ1) is 20.0. The molecule has 9 heteroatoms. The van der Waals surface area contributed by atoms with Gasteiger partial charge in [-0.2, -0.15) is 13.2 Å². The molecule has 0 saturated carbocycles. The van der Waals surface area contributed by atoms with Gasteiger partial charge in [0.2, 0.25) is 0 Å². The van der Waals surface area contributed by atoms with Crippen molar-refractivity contribution in [2.45, 2.75) is 6.18 Å². The number of benzene rings is 2. The third-order valence-corrected chi connectivity index (χ3v) is 4.74. The molecule has 0 radical (unpaired) electrons. The fourth-order valence-corrected chi connectivity index (χ4v) is 3.22. The molecule has 28 heavy (non-hydrogen) atoms. The van der Waals surface area contributed by atoms with Crippen molar-refractivity contribution in [3.63, 3.8) is 0 Å². The molecule has 1 heterocycles. The lowest BCUT2D eigenvalue weighted by molar-refractivity contribution is -0.138. The number of carbonyl (C=O) groups excluding carboxylic acids is 2. The van der Waals surface area contributed by atoms with Crippen molar-refractivity contribution in [2.24, 2.45) is 0 Å². The van der Waals surface area contributed by atoms with Crippen LogP contribution in [-0.2, 0) is 6.18 Å². The number of nitrogens with zero attached hydrogens (tertiary/aromatic N) is 2. The highest BCUT2D eigenvalue weighted by Gasteiger charge is 2.36. The molecule has 1 saturated heterocycles. The van der Waals surface area contributed by atoms with Crippen LogP contribution in [0.3, 0.4) is 0 Å². The lowest BCUT2D eigenvalue weighted by atomic mass is 10.1. The third kappa shape index (κ3) is 4.06. The molecule has 0 bridgehead atoms. The molecule has 0 spiro atoms. The van der Waals surface area contributed by atoms with E-state index in [0.29, 0.717) is 5.02 Å². The molecule has 148 valence electrons. The number of hydrogen-bond donors (Lipinski definition) is 1. The van der Waals surface area contributed by atoms with Crippen LogP contribution in [0.2, 0.25) is 5.02 Å². The number of piperazine rings is 1. The second-order valence-electron chi connectivity index (χ2n) is 6.29. The van der Waals surface area contributed by atoms with Gasteiger partial charge in [-0.25, -0.2) is 0 Å². The van der Waals surface area contributed by atoms with Gasteiger partial charge in [0.15, 0.2) is 0 Å². The minimum atomic E-state index is -4.63. The van der Waals surface area contributed by atoms with E-state index in [1.54, 1.807) is 0 Å². The molecule has 0 unspecified atom stereocenters. The van der Waals surface area contributed by atoms with Gasteiger partial charge in [-0.05, 0) is 30.3 Å². The number of phenolic OH excluding ortho intramolecular Hbond substituents is 1. The van der Waals surface area contributed by atoms with Gasteiger partial charge in [-0.15, -0.1) is 0 Å². The van der Waals surface area contributed by atoms with Crippen molar-refractivity contribution < 1.29 is 27.9 Å². The smallest absolute Gasteiger partial charge is 0.417 e. The van der Waals surface area contributed by atoms with Crippen molar-refractivity contribution in [1.82, 2.24) is 9.80 Å². The lowest BCUT2D eigenvalue weighted by Gasteiger charge is -2.35. The molecule has 1 fully saturated rings. The predicted molar refractivity (Wildman–Crippen MR) is 96.4 cm³/mol. The molecule has 0 aromatic heterocycles. The maximum absolute atomic E-state index is 13.1. The van der Waals surface area contributed by atoms with Gasteiger partial charge in [0.1, 0.15) is 5.75 Å². The van der Waals surface area contributed by atoms with Crippen molar-refractivity contribution in [1.29, 1.82) is 0 Å². The minimum absolute atomic E-state index is 0.0368. The Morgan fingerprint density at radius 2 is 1.43 bits per heavy atom. The van der Waals surface area contributed by atoms with E-state index in [4.69, 9.17) is 11.6 Å². The van der Waals surface area contributed by atoms with E-state index in [1.807, 2.05) is 0 Å². The van der Waals surface area contributed by atoms with E-state index in [1.165, 1.54) is 40.1 Å². The first-order valence-corrected chi connectivity index (χ1v) is 8.79. The number of phenols is 1. The van der Waals surface area contributed by atoms with Gasteiger partial charge in [-0.1, -0.05) is 23.7 Å². The first-order valence-electron chi connectivity index (χ1n) is 8.42. The van der Waals surface area contributed by atoms with Crippen LogP contribution in [0.4, 0.5) is 13.2 Å². The Labute approximate surface area is 163 Å². The highest BCUT2D eigenvalue weighted by atomic mass is 35.5. The van der Waals surface area contributed by atoms with Crippen molar-refractivity contribution >= 4 is 23.4 Å². The van der Waals surface area contributed by atoms with E-state index in [2.05, 4.69) is 0 Å². The average molecular weight is 413 g/mol. The first-order chi connectivity index (χ1) is 13.2. The quantitative estimate of drug-likeness (QED) is 0.818. The van der Waals surface area contributed by atoms with Gasteiger partial charge in [-0.3, -0.25) is 9.59 Å². The zero-order chi connectivity index (χ0) is 20.5. The summed E-state index contributed by atoms with van der Waals surface area (Å²) in [5.74, 6) is -1.40. The van der Waals surface area contributed by atoms with Gasteiger partial charge in [0, 0.05) is 31.2 Å². The Morgan fingerprint density at radius 1 is 0.893 bits per heavy atom. The Kier molecular flexibility index (Phi) is 5.51. The predicted octanol–water partition coefficient (Wildman–Crippen LogP) is 3.66. The minimum Gasteiger partial charge on any atom is -0.507 e. The highest BCUT2D eigenvalue weighted by Crippen LogP contribution is 2.32. The molecule has 0 aliphatic carbocycles. The molecular weight excluding hydrogens is 397 g/mol. The van der Waals surface area contributed by atoms with Crippen LogP contribution in [0.1, 0.15) is 26.3 Å². The van der Waals surface area contributed by atoms with Crippen LogP contribution >= 0.6 is 11.6 Å². The second kappa shape index (κ2) is 7.71. The molecule has 2 aromatic carbocycles. The third-order valence-electron chi connectivity index (χ3n) is 4.51. The molecule has 1 aliphatic heterocycles. The maximum atomic E-state index is 13.1. The van der Waals surface area contributed by atoms with Crippen LogP contribution in [0, 0.1) is 0 Å². The normalized spacial score (nSPS) is 14.9. The van der Waals surface area contributed by atoms with E-state index < -0.39 is 29.1 Å². The summed E-state index contributed by atoms with van der Waals surface area (Å²) in [5.41, 5.74) is -1.36. The summed E-state index contributed by atoms with van der Waals surface area (Å²) in [4.78, 5) is 27.8. The van der Waals surface area contributed by atoms with Crippen LogP contribution in [0.5, 0.6) is 5.75 Å². The number of hydrogen-bond acceptors (Lipinski definition) is 3. The van der Waals surface area contributed by atoms with Crippen molar-refractivity contribution in [3.8, 4) is 5.75 Å². The summed E-state index contributed by atoms with van der Waals surface area (Å²) < 4.78 is 39.4. The highest BCUT2D eigenvalue weighted by molar-refractivity contribution is 6.31. The Balaban J connectivity index is 1.72. The van der Waals surface area contributed by atoms with Crippen molar-refractivity contribution in [3.05, 3.63) is 64.2 Å². The lowest BCUT2D eigenvalue weighted by Crippen LogP contribution is -2.50. The summed E-state index contributed by atoms with van der Waals surface area (Å²) in [6, 6.07) is 8.72. The Bertz CT molecular complexity index is 910. The number of amides is 2. The van der Waals surface area contributed by atoms with Crippen LogP contribution in [0.15, 0.2) is 42.5 Å². The topological polar surface area (TPSA) is 60.9 Å². The van der Waals surface area contributed by atoms with E-state index in [9.17, 15) is 27.9 Å². The SMILES string of the molecule is O=C(c1cc(Cl)ccc1O)N1CCN(C(=O)c2ccccc2C(F)(F)F)CC1. The van der Waals surface area contributed by atoms with Crippen LogP contribution in [0.25, 0.3) is 0 Å². The summed E-state index contributed by atoms with van der Waals surface area (Å²) in [5, 5.41) is 10.1. The molecule has 1 N–H and O–H groups in total. The van der Waals surface area contributed by atoms with Gasteiger partial charge in [0.25, 0.3) is 11.8 Å². The number of rotatable bonds is 2. The average Bonchev–Trinajstić information content (AvgIpc) is 2.68. The fourth-order valence-electron chi connectivity index (χ4n) is 3.05. The maximum Gasteiger partial charge on any atom is 0.417 e. The zero-order valence-corrected chi connectivity index (χ0v) is 15.3. The zero-order valence-electron chi connectivity index (χ0n) is 14.5. The number of alkyl halides is 3. The number of halogens is 4. The number of aromatic hydroxyl groups is 1. The van der Waals surface area contributed by atoms with Crippen LogP contribution < -0.4 is 0 Å². The van der Waals surface area contributed by atoms with Gasteiger partial charge in [0.05, 0.1) is 16.7 Å². The summed E-state index contributed by atoms with van der Waals surface area (Å²) in [6.07, 6.45) is -4.63. The largest absolute Gasteiger partial charge is 0.507 e. The second-order valence-corrected chi connectivity index (χ2v) is 6.73. The standard InChI is InChI=1S/C19H16ClF3N2O3/c20-12-5-6-16(26)14(11-12)18(28)25-9-7-24(8-10-25)17(27)13-3-1-2-4-15(13)19(21,22)23/h1-6,11,26H,7-10H2. The molecule has 2 aromatic rings. The van der Waals surface area contributed by atoms with E-state index in [-0.39, 0.29) is 37.5 Å². The monoisotopic (exact) mass is 412 g/mol. The molecule has 1 aliphatic rings. The Morgan fingerprint density at radius 3 is 2.00 bits per heavy atom. The Hall–Kier alpha value is -2.74. The van der Waals surface area contributed by atoms with E-state index in [0.717, 1.165) is 12.1 Å². The summed E-state index contributed by atoms with van der Waals surface area (Å²) >= 11 is 5.86. The number of carbonyl (C=O) groups is 2. The molecule has 0 atom stereocenters. The molecular formula is C19H16ClF3N2O3. The fraction of sp³-hybridized carbons (Fsp3) is 0.263. The van der Waals surface area contributed by atoms with Gasteiger partial charge < -0.3 is 14.9 Å². The van der Waals surface area contributed by atoms with Gasteiger partial charge >= 0.3 is 6.18 Å². The molecule has 5 nitrogen and oxygen atoms in total. The summed E-state index contributed by atoms with van der Waals surface area (Å²) in [6.45, 7) is 0.422.